The number of aromatic nitrogens is 2. The molecule has 20 heavy (non-hydrogen) atoms. The summed E-state index contributed by atoms with van der Waals surface area (Å²) in [7, 11) is 1.86. The van der Waals surface area contributed by atoms with Gasteiger partial charge in [-0.15, -0.1) is 0 Å². The molecule has 0 aliphatic rings. The lowest BCUT2D eigenvalue weighted by molar-refractivity contribution is -0.123. The van der Waals surface area contributed by atoms with E-state index in [4.69, 9.17) is 10.5 Å². The summed E-state index contributed by atoms with van der Waals surface area (Å²) in [5.41, 5.74) is 7.18. The van der Waals surface area contributed by atoms with E-state index in [1.165, 1.54) is 0 Å². The molecule has 1 aromatic carbocycles. The quantitative estimate of drug-likeness (QED) is 0.761. The molecular weight excluding hydrogens is 256 g/mol. The van der Waals surface area contributed by atoms with Crippen molar-refractivity contribution in [2.45, 2.75) is 6.42 Å². The minimum absolute atomic E-state index is 0.0222. The Morgan fingerprint density at radius 1 is 1.45 bits per heavy atom. The van der Waals surface area contributed by atoms with Crippen LogP contribution in [0.5, 0.6) is 5.75 Å². The van der Waals surface area contributed by atoms with Gasteiger partial charge >= 0.3 is 0 Å². The normalized spacial score (nSPS) is 10.2. The van der Waals surface area contributed by atoms with Crippen LogP contribution in [0.3, 0.4) is 0 Å². The maximum atomic E-state index is 11.6. The van der Waals surface area contributed by atoms with E-state index in [1.54, 1.807) is 28.9 Å². The first-order valence-corrected chi connectivity index (χ1v) is 6.37. The molecule has 0 atom stereocenters. The maximum Gasteiger partial charge on any atom is 0.257 e. The van der Waals surface area contributed by atoms with Gasteiger partial charge in [0.05, 0.1) is 5.69 Å². The molecular formula is C14H18N4O2. The number of ether oxygens (including phenoxy) is 1. The van der Waals surface area contributed by atoms with Gasteiger partial charge in [-0.3, -0.25) is 9.48 Å². The average molecular weight is 274 g/mol. The summed E-state index contributed by atoms with van der Waals surface area (Å²) in [6.07, 6.45) is 2.57. The molecule has 0 saturated carbocycles. The Kier molecular flexibility index (Phi) is 4.60. The first-order valence-electron chi connectivity index (χ1n) is 6.37. The highest BCUT2D eigenvalue weighted by molar-refractivity contribution is 5.77. The second kappa shape index (κ2) is 6.60. The van der Waals surface area contributed by atoms with Crippen LogP contribution in [0, 0.1) is 0 Å². The summed E-state index contributed by atoms with van der Waals surface area (Å²) in [6.45, 7) is 0.516. The van der Waals surface area contributed by atoms with E-state index in [-0.39, 0.29) is 12.5 Å². The number of nitrogen functional groups attached to an aromatic ring is 1. The Balaban J connectivity index is 1.68. The van der Waals surface area contributed by atoms with E-state index in [0.717, 1.165) is 5.69 Å². The molecule has 6 nitrogen and oxygen atoms in total. The van der Waals surface area contributed by atoms with E-state index in [1.807, 2.05) is 19.3 Å². The van der Waals surface area contributed by atoms with Crippen LogP contribution in [-0.2, 0) is 18.3 Å². The highest BCUT2D eigenvalue weighted by Gasteiger charge is 2.03. The summed E-state index contributed by atoms with van der Waals surface area (Å²) in [5.74, 6) is 0.424. The number of carbonyl (C=O) groups is 1. The van der Waals surface area contributed by atoms with Crippen molar-refractivity contribution >= 4 is 11.6 Å². The number of carbonyl (C=O) groups excluding carboxylic acids is 1. The van der Waals surface area contributed by atoms with Crippen LogP contribution < -0.4 is 15.8 Å². The van der Waals surface area contributed by atoms with Gasteiger partial charge in [0.15, 0.2) is 6.61 Å². The van der Waals surface area contributed by atoms with Gasteiger partial charge in [-0.1, -0.05) is 6.07 Å². The van der Waals surface area contributed by atoms with Crippen molar-refractivity contribution in [1.29, 1.82) is 0 Å². The number of hydrogen-bond donors (Lipinski definition) is 2. The molecule has 1 amide bonds. The van der Waals surface area contributed by atoms with Gasteiger partial charge in [0.25, 0.3) is 5.91 Å². The molecule has 106 valence electrons. The summed E-state index contributed by atoms with van der Waals surface area (Å²) >= 11 is 0. The fourth-order valence-corrected chi connectivity index (χ4v) is 1.73. The Labute approximate surface area is 117 Å². The molecule has 0 bridgehead atoms. The molecule has 0 saturated heterocycles. The number of amides is 1. The third-order valence-corrected chi connectivity index (χ3v) is 2.70. The van der Waals surface area contributed by atoms with Crippen LogP contribution in [0.25, 0.3) is 0 Å². The number of benzene rings is 1. The molecule has 0 aliphatic heterocycles. The summed E-state index contributed by atoms with van der Waals surface area (Å²) in [5, 5.41) is 7.01. The van der Waals surface area contributed by atoms with Crippen molar-refractivity contribution in [1.82, 2.24) is 15.1 Å². The zero-order valence-electron chi connectivity index (χ0n) is 11.4. The summed E-state index contributed by atoms with van der Waals surface area (Å²) < 4.78 is 7.08. The van der Waals surface area contributed by atoms with Gasteiger partial charge in [0.1, 0.15) is 5.75 Å². The third-order valence-electron chi connectivity index (χ3n) is 2.70. The standard InChI is InChI=1S/C14H18N4O2/c1-18-8-6-12(17-18)5-7-16-14(19)10-20-13-4-2-3-11(15)9-13/h2-4,6,8-9H,5,7,10,15H2,1H3,(H,16,19). The van der Waals surface area contributed by atoms with Crippen LogP contribution in [0.2, 0.25) is 0 Å². The molecule has 1 aromatic heterocycles. The summed E-state index contributed by atoms with van der Waals surface area (Å²) in [4.78, 5) is 11.6. The van der Waals surface area contributed by atoms with Crippen LogP contribution in [0.4, 0.5) is 5.69 Å². The molecule has 0 fully saturated rings. The van der Waals surface area contributed by atoms with Crippen molar-refractivity contribution in [2.24, 2.45) is 7.05 Å². The highest BCUT2D eigenvalue weighted by Crippen LogP contribution is 2.13. The van der Waals surface area contributed by atoms with Gasteiger partial charge in [0.2, 0.25) is 0 Å². The predicted octanol–water partition coefficient (Wildman–Crippen LogP) is 0.740. The van der Waals surface area contributed by atoms with Crippen molar-refractivity contribution in [3.05, 3.63) is 42.2 Å². The highest BCUT2D eigenvalue weighted by atomic mass is 16.5. The van der Waals surface area contributed by atoms with Gasteiger partial charge in [-0.05, 0) is 18.2 Å². The van der Waals surface area contributed by atoms with Crippen molar-refractivity contribution in [3.8, 4) is 5.75 Å². The molecule has 0 aliphatic carbocycles. The number of anilines is 1. The molecule has 0 radical (unpaired) electrons. The fraction of sp³-hybridized carbons (Fsp3) is 0.286. The smallest absolute Gasteiger partial charge is 0.257 e. The zero-order valence-corrected chi connectivity index (χ0v) is 11.4. The number of rotatable bonds is 6. The van der Waals surface area contributed by atoms with Crippen molar-refractivity contribution in [2.75, 3.05) is 18.9 Å². The number of nitrogens with zero attached hydrogens (tertiary/aromatic N) is 2. The lowest BCUT2D eigenvalue weighted by Gasteiger charge is -2.07. The zero-order chi connectivity index (χ0) is 14.4. The molecule has 1 heterocycles. The Bertz CT molecular complexity index is 580. The Morgan fingerprint density at radius 2 is 2.30 bits per heavy atom. The minimum atomic E-state index is -0.164. The first kappa shape index (κ1) is 13.9. The molecule has 6 heteroatoms. The topological polar surface area (TPSA) is 82.2 Å². The van der Waals surface area contributed by atoms with Crippen LogP contribution >= 0.6 is 0 Å². The van der Waals surface area contributed by atoms with Crippen LogP contribution in [0.15, 0.2) is 36.5 Å². The maximum absolute atomic E-state index is 11.6. The lowest BCUT2D eigenvalue weighted by atomic mass is 10.3. The number of hydrogen-bond acceptors (Lipinski definition) is 4. The van der Waals surface area contributed by atoms with E-state index in [0.29, 0.717) is 24.4 Å². The van der Waals surface area contributed by atoms with E-state index in [2.05, 4.69) is 10.4 Å². The number of nitrogens with one attached hydrogen (secondary N) is 1. The van der Waals surface area contributed by atoms with Gasteiger partial charge < -0.3 is 15.8 Å². The van der Waals surface area contributed by atoms with E-state index in [9.17, 15) is 4.79 Å². The first-order chi connectivity index (χ1) is 9.63. The number of nitrogens with two attached hydrogens (primary N) is 1. The second-order valence-corrected chi connectivity index (χ2v) is 4.44. The largest absolute Gasteiger partial charge is 0.484 e. The third kappa shape index (κ3) is 4.31. The average Bonchev–Trinajstić information content (AvgIpc) is 2.82. The Morgan fingerprint density at radius 3 is 3.00 bits per heavy atom. The minimum Gasteiger partial charge on any atom is -0.484 e. The SMILES string of the molecule is Cn1ccc(CCNC(=O)COc2cccc(N)c2)n1. The molecule has 2 aromatic rings. The predicted molar refractivity (Wildman–Crippen MR) is 76.3 cm³/mol. The molecule has 0 unspecified atom stereocenters. The van der Waals surface area contributed by atoms with Crippen LogP contribution in [0.1, 0.15) is 5.69 Å². The molecule has 0 spiro atoms. The van der Waals surface area contributed by atoms with Crippen LogP contribution in [-0.4, -0.2) is 28.8 Å². The summed E-state index contributed by atoms with van der Waals surface area (Å²) in [6, 6.07) is 8.91. The van der Waals surface area contributed by atoms with Gasteiger partial charge in [0, 0.05) is 38.0 Å². The van der Waals surface area contributed by atoms with E-state index >= 15 is 0 Å². The number of aryl methyl sites for hydroxylation is 1. The second-order valence-electron chi connectivity index (χ2n) is 4.44. The van der Waals surface area contributed by atoms with E-state index < -0.39 is 0 Å². The van der Waals surface area contributed by atoms with Gasteiger partial charge in [-0.2, -0.15) is 5.10 Å². The van der Waals surface area contributed by atoms with Gasteiger partial charge in [-0.25, -0.2) is 0 Å². The molecule has 2 rings (SSSR count). The molecule has 3 N–H and O–H groups in total. The lowest BCUT2D eigenvalue weighted by Crippen LogP contribution is -2.30. The van der Waals surface area contributed by atoms with Crippen molar-refractivity contribution in [3.63, 3.8) is 0 Å². The fourth-order valence-electron chi connectivity index (χ4n) is 1.73. The monoisotopic (exact) mass is 274 g/mol. The Hall–Kier alpha value is -2.50. The van der Waals surface area contributed by atoms with Crippen molar-refractivity contribution < 1.29 is 9.53 Å².